The molecule has 1 atom stereocenters. The second kappa shape index (κ2) is 5.92. The van der Waals surface area contributed by atoms with Crippen molar-refractivity contribution in [2.75, 3.05) is 6.54 Å². The molecule has 2 aliphatic carbocycles. The summed E-state index contributed by atoms with van der Waals surface area (Å²) in [5.41, 5.74) is 2.63. The molecule has 4 heteroatoms. The summed E-state index contributed by atoms with van der Waals surface area (Å²) in [7, 11) is 0. The van der Waals surface area contributed by atoms with Gasteiger partial charge >= 0.3 is 0 Å². The van der Waals surface area contributed by atoms with Crippen molar-refractivity contribution >= 4 is 11.6 Å². The Bertz CT molecular complexity index is 502. The SMILES string of the molecule is CCc1nn(CC)c(CC(C)(CNC2CC2)C2CC2)c1Cl. The molecule has 2 fully saturated rings. The topological polar surface area (TPSA) is 29.9 Å². The third-order valence-electron chi connectivity index (χ3n) is 5.20. The molecular formula is C17H28ClN3. The summed E-state index contributed by atoms with van der Waals surface area (Å²) in [6.07, 6.45) is 7.43. The second-order valence-electron chi connectivity index (χ2n) is 7.14. The van der Waals surface area contributed by atoms with Crippen molar-refractivity contribution in [1.29, 1.82) is 0 Å². The standard InChI is InChI=1S/C17H28ClN3/c1-4-14-16(18)15(21(5-2)20-14)10-17(3,12-6-7-12)11-19-13-8-9-13/h12-13,19H,4-11H2,1-3H3. The maximum Gasteiger partial charge on any atom is 0.0850 e. The summed E-state index contributed by atoms with van der Waals surface area (Å²) in [5.74, 6) is 0.852. The van der Waals surface area contributed by atoms with E-state index in [4.69, 9.17) is 11.6 Å². The molecule has 0 aromatic carbocycles. The van der Waals surface area contributed by atoms with Crippen LogP contribution < -0.4 is 5.32 Å². The van der Waals surface area contributed by atoms with Crippen LogP contribution in [0.15, 0.2) is 0 Å². The predicted octanol–water partition coefficient (Wildman–Crippen LogP) is 3.83. The molecular weight excluding hydrogens is 282 g/mol. The fraction of sp³-hybridized carbons (Fsp3) is 0.824. The van der Waals surface area contributed by atoms with E-state index in [1.165, 1.54) is 31.4 Å². The van der Waals surface area contributed by atoms with E-state index in [1.54, 1.807) is 0 Å². The normalized spacial score (nSPS) is 21.5. The Balaban J connectivity index is 1.79. The number of hydrogen-bond donors (Lipinski definition) is 1. The smallest absolute Gasteiger partial charge is 0.0850 e. The number of nitrogens with one attached hydrogen (secondary N) is 1. The lowest BCUT2D eigenvalue weighted by Crippen LogP contribution is -2.37. The maximum atomic E-state index is 6.61. The molecule has 0 aliphatic heterocycles. The van der Waals surface area contributed by atoms with Gasteiger partial charge in [-0.3, -0.25) is 4.68 Å². The fourth-order valence-corrected chi connectivity index (χ4v) is 3.70. The third kappa shape index (κ3) is 3.29. The molecule has 0 amide bonds. The van der Waals surface area contributed by atoms with Crippen LogP contribution in [0.1, 0.15) is 57.8 Å². The molecule has 1 aromatic heterocycles. The van der Waals surface area contributed by atoms with Crippen LogP contribution in [0, 0.1) is 11.3 Å². The van der Waals surface area contributed by atoms with Crippen molar-refractivity contribution in [3.8, 4) is 0 Å². The zero-order chi connectivity index (χ0) is 15.0. The molecule has 2 aliphatic rings. The minimum atomic E-state index is 0.324. The lowest BCUT2D eigenvalue weighted by atomic mass is 9.80. The zero-order valence-electron chi connectivity index (χ0n) is 13.6. The van der Waals surface area contributed by atoms with E-state index in [9.17, 15) is 0 Å². The van der Waals surface area contributed by atoms with Gasteiger partial charge in [-0.25, -0.2) is 0 Å². The summed E-state index contributed by atoms with van der Waals surface area (Å²) in [4.78, 5) is 0. The first-order valence-electron chi connectivity index (χ1n) is 8.54. The van der Waals surface area contributed by atoms with Crippen LogP contribution in [-0.2, 0) is 19.4 Å². The Morgan fingerprint density at radius 1 is 1.29 bits per heavy atom. The molecule has 0 radical (unpaired) electrons. The molecule has 1 N–H and O–H groups in total. The van der Waals surface area contributed by atoms with Gasteiger partial charge < -0.3 is 5.32 Å². The number of hydrogen-bond acceptors (Lipinski definition) is 2. The fourth-order valence-electron chi connectivity index (χ4n) is 3.37. The van der Waals surface area contributed by atoms with Crippen LogP contribution in [0.3, 0.4) is 0 Å². The molecule has 21 heavy (non-hydrogen) atoms. The minimum Gasteiger partial charge on any atom is -0.313 e. The summed E-state index contributed by atoms with van der Waals surface area (Å²) >= 11 is 6.61. The van der Waals surface area contributed by atoms with E-state index >= 15 is 0 Å². The first-order valence-corrected chi connectivity index (χ1v) is 8.92. The van der Waals surface area contributed by atoms with E-state index < -0.39 is 0 Å². The highest BCUT2D eigenvalue weighted by Crippen LogP contribution is 2.48. The molecule has 0 saturated heterocycles. The van der Waals surface area contributed by atoms with Crippen molar-refractivity contribution in [3.05, 3.63) is 16.4 Å². The Kier molecular flexibility index (Phi) is 4.33. The van der Waals surface area contributed by atoms with Crippen LogP contribution in [0.5, 0.6) is 0 Å². The lowest BCUT2D eigenvalue weighted by molar-refractivity contribution is 0.248. The predicted molar refractivity (Wildman–Crippen MR) is 87.8 cm³/mol. The van der Waals surface area contributed by atoms with E-state index in [-0.39, 0.29) is 0 Å². The number of aromatic nitrogens is 2. The Hall–Kier alpha value is -0.540. The monoisotopic (exact) mass is 309 g/mol. The van der Waals surface area contributed by atoms with Crippen molar-refractivity contribution in [2.24, 2.45) is 11.3 Å². The van der Waals surface area contributed by atoms with Crippen molar-refractivity contribution in [2.45, 2.75) is 71.9 Å². The van der Waals surface area contributed by atoms with Crippen LogP contribution >= 0.6 is 11.6 Å². The van der Waals surface area contributed by atoms with E-state index in [0.717, 1.165) is 48.6 Å². The Morgan fingerprint density at radius 2 is 2.00 bits per heavy atom. The zero-order valence-corrected chi connectivity index (χ0v) is 14.3. The van der Waals surface area contributed by atoms with E-state index in [2.05, 4.69) is 35.9 Å². The number of rotatable bonds is 8. The molecule has 1 aromatic rings. The van der Waals surface area contributed by atoms with Gasteiger partial charge in [0.15, 0.2) is 0 Å². The summed E-state index contributed by atoms with van der Waals surface area (Å²) in [5, 5.41) is 9.34. The van der Waals surface area contributed by atoms with Gasteiger partial charge in [0, 0.05) is 19.1 Å². The van der Waals surface area contributed by atoms with Gasteiger partial charge in [0.05, 0.1) is 16.4 Å². The molecule has 3 rings (SSSR count). The third-order valence-corrected chi connectivity index (χ3v) is 5.64. The van der Waals surface area contributed by atoms with E-state index in [1.807, 2.05) is 0 Å². The van der Waals surface area contributed by atoms with E-state index in [0.29, 0.717) is 5.41 Å². The molecule has 2 saturated carbocycles. The molecule has 3 nitrogen and oxygen atoms in total. The molecule has 0 spiro atoms. The van der Waals surface area contributed by atoms with Crippen molar-refractivity contribution < 1.29 is 0 Å². The average molecular weight is 310 g/mol. The first-order chi connectivity index (χ1) is 10.1. The van der Waals surface area contributed by atoms with Crippen LogP contribution in [0.2, 0.25) is 5.02 Å². The average Bonchev–Trinajstić information content (AvgIpc) is 3.37. The lowest BCUT2D eigenvalue weighted by Gasteiger charge is -2.30. The molecule has 1 heterocycles. The molecule has 118 valence electrons. The number of nitrogens with zero attached hydrogens (tertiary/aromatic N) is 2. The summed E-state index contributed by atoms with van der Waals surface area (Å²) in [6.45, 7) is 8.76. The Morgan fingerprint density at radius 3 is 2.52 bits per heavy atom. The van der Waals surface area contributed by atoms with Crippen molar-refractivity contribution in [3.63, 3.8) is 0 Å². The Labute approximate surface area is 133 Å². The first kappa shape index (κ1) is 15.4. The van der Waals surface area contributed by atoms with Crippen LogP contribution in [0.4, 0.5) is 0 Å². The maximum absolute atomic E-state index is 6.61. The van der Waals surface area contributed by atoms with Gasteiger partial charge in [-0.05, 0) is 56.8 Å². The van der Waals surface area contributed by atoms with Gasteiger partial charge in [0.25, 0.3) is 0 Å². The largest absolute Gasteiger partial charge is 0.313 e. The van der Waals surface area contributed by atoms with Gasteiger partial charge in [-0.15, -0.1) is 0 Å². The number of aryl methyl sites for hydroxylation is 2. The molecule has 0 bridgehead atoms. The van der Waals surface area contributed by atoms with Gasteiger partial charge in [0.2, 0.25) is 0 Å². The highest BCUT2D eigenvalue weighted by molar-refractivity contribution is 6.31. The molecule has 1 unspecified atom stereocenters. The minimum absolute atomic E-state index is 0.324. The number of halogens is 1. The van der Waals surface area contributed by atoms with Crippen LogP contribution in [0.25, 0.3) is 0 Å². The summed E-state index contributed by atoms with van der Waals surface area (Å²) in [6, 6.07) is 0.779. The highest BCUT2D eigenvalue weighted by atomic mass is 35.5. The van der Waals surface area contributed by atoms with Crippen LogP contribution in [-0.4, -0.2) is 22.4 Å². The second-order valence-corrected chi connectivity index (χ2v) is 7.51. The highest BCUT2D eigenvalue weighted by Gasteiger charge is 2.43. The van der Waals surface area contributed by atoms with Gasteiger partial charge in [-0.1, -0.05) is 25.4 Å². The van der Waals surface area contributed by atoms with Gasteiger partial charge in [-0.2, -0.15) is 5.10 Å². The quantitative estimate of drug-likeness (QED) is 0.791. The summed E-state index contributed by atoms with van der Waals surface area (Å²) < 4.78 is 2.12. The van der Waals surface area contributed by atoms with Gasteiger partial charge in [0.1, 0.15) is 0 Å². The van der Waals surface area contributed by atoms with Crippen molar-refractivity contribution in [1.82, 2.24) is 15.1 Å².